The quantitative estimate of drug-likeness (QED) is 0.0507. The highest BCUT2D eigenvalue weighted by atomic mass is 16.3. The van der Waals surface area contributed by atoms with Crippen LogP contribution in [0.5, 0.6) is 0 Å². The molecule has 0 bridgehead atoms. The smallest absolute Gasteiger partial charge is 0.222 e. The largest absolute Gasteiger partial charge is 0.395 e. The molecule has 0 radical (unpaired) electrons. The number of carbonyl (C=O) groups is 2. The molecule has 0 heterocycles. The molecule has 2 amide bonds. The van der Waals surface area contributed by atoms with Crippen molar-refractivity contribution in [2.45, 2.75) is 194 Å². The summed E-state index contributed by atoms with van der Waals surface area (Å²) in [6.07, 6.45) is 42.2. The minimum Gasteiger partial charge on any atom is -0.395 e. The molecule has 0 fully saturated rings. The summed E-state index contributed by atoms with van der Waals surface area (Å²) >= 11 is 0. The summed E-state index contributed by atoms with van der Waals surface area (Å²) in [5.74, 6) is 0.102. The lowest BCUT2D eigenvalue weighted by atomic mass is 10.1. The summed E-state index contributed by atoms with van der Waals surface area (Å²) in [4.78, 5) is 29.1. The van der Waals surface area contributed by atoms with Gasteiger partial charge in [0.1, 0.15) is 0 Å². The number of hydrogen-bond acceptors (Lipinski definition) is 4. The Kier molecular flexibility index (Phi) is 36.8. The van der Waals surface area contributed by atoms with Gasteiger partial charge in [-0.15, -0.1) is 0 Å². The van der Waals surface area contributed by atoms with Gasteiger partial charge in [-0.25, -0.2) is 0 Å². The van der Waals surface area contributed by atoms with Crippen molar-refractivity contribution in [3.63, 3.8) is 0 Å². The second-order valence-corrected chi connectivity index (χ2v) is 13.9. The van der Waals surface area contributed by atoms with Gasteiger partial charge in [0.25, 0.3) is 0 Å². The molecule has 48 heavy (non-hydrogen) atoms. The highest BCUT2D eigenvalue weighted by Gasteiger charge is 2.17. The molecule has 6 nitrogen and oxygen atoms in total. The van der Waals surface area contributed by atoms with Crippen molar-refractivity contribution in [3.05, 3.63) is 24.3 Å². The van der Waals surface area contributed by atoms with Crippen LogP contribution in [0, 0.1) is 0 Å². The molecule has 0 aliphatic heterocycles. The molecular formula is C42H80N2O4. The normalized spacial score (nSPS) is 11.7. The third kappa shape index (κ3) is 31.6. The van der Waals surface area contributed by atoms with Gasteiger partial charge in [0.2, 0.25) is 11.8 Å². The van der Waals surface area contributed by atoms with Gasteiger partial charge in [0.05, 0.1) is 13.2 Å². The van der Waals surface area contributed by atoms with Crippen molar-refractivity contribution in [2.24, 2.45) is 0 Å². The van der Waals surface area contributed by atoms with Crippen molar-refractivity contribution >= 4 is 11.8 Å². The minimum absolute atomic E-state index is 0.0512. The van der Waals surface area contributed by atoms with Crippen LogP contribution in [-0.2, 0) is 9.59 Å². The van der Waals surface area contributed by atoms with Crippen LogP contribution in [-0.4, -0.2) is 71.2 Å². The molecule has 0 aromatic carbocycles. The zero-order chi connectivity index (χ0) is 35.2. The molecule has 2 N–H and O–H groups in total. The SMILES string of the molecule is CCCCCCCC/C=C\CCCCCCCC(=O)N(CCO)CCN(CCO)C(=O)CCCCCCC/C=C\CCCCCCCC. The number of nitrogens with zero attached hydrogens (tertiary/aromatic N) is 2. The van der Waals surface area contributed by atoms with Gasteiger partial charge >= 0.3 is 0 Å². The van der Waals surface area contributed by atoms with Gasteiger partial charge in [0.15, 0.2) is 0 Å². The van der Waals surface area contributed by atoms with E-state index in [1.165, 1.54) is 116 Å². The fourth-order valence-corrected chi connectivity index (χ4v) is 6.22. The maximum Gasteiger partial charge on any atom is 0.222 e. The van der Waals surface area contributed by atoms with Gasteiger partial charge in [-0.2, -0.15) is 0 Å². The number of aliphatic hydroxyl groups excluding tert-OH is 2. The summed E-state index contributed by atoms with van der Waals surface area (Å²) < 4.78 is 0. The zero-order valence-corrected chi connectivity index (χ0v) is 32.0. The number of unbranched alkanes of at least 4 members (excludes halogenated alkanes) is 22. The number of rotatable bonds is 37. The monoisotopic (exact) mass is 677 g/mol. The number of allylic oxidation sites excluding steroid dienone is 4. The van der Waals surface area contributed by atoms with Crippen LogP contribution in [0.3, 0.4) is 0 Å². The second-order valence-electron chi connectivity index (χ2n) is 13.9. The Bertz CT molecular complexity index is 692. The summed E-state index contributed by atoms with van der Waals surface area (Å²) in [5.41, 5.74) is 0. The predicted octanol–water partition coefficient (Wildman–Crippen LogP) is 10.7. The number of aliphatic hydroxyl groups is 2. The average molecular weight is 677 g/mol. The lowest BCUT2D eigenvalue weighted by Crippen LogP contribution is -2.43. The van der Waals surface area contributed by atoms with E-state index in [0.717, 1.165) is 51.4 Å². The zero-order valence-electron chi connectivity index (χ0n) is 32.0. The van der Waals surface area contributed by atoms with Crippen LogP contribution in [0.1, 0.15) is 194 Å². The Morgan fingerprint density at radius 2 is 0.667 bits per heavy atom. The van der Waals surface area contributed by atoms with Crippen LogP contribution in [0.25, 0.3) is 0 Å². The third-order valence-corrected chi connectivity index (χ3v) is 9.39. The van der Waals surface area contributed by atoms with E-state index in [9.17, 15) is 19.8 Å². The fourth-order valence-electron chi connectivity index (χ4n) is 6.22. The van der Waals surface area contributed by atoms with E-state index < -0.39 is 0 Å². The van der Waals surface area contributed by atoms with Gasteiger partial charge in [0, 0.05) is 39.0 Å². The van der Waals surface area contributed by atoms with Crippen molar-refractivity contribution in [1.82, 2.24) is 9.80 Å². The van der Waals surface area contributed by atoms with E-state index >= 15 is 0 Å². The van der Waals surface area contributed by atoms with Crippen LogP contribution >= 0.6 is 0 Å². The van der Waals surface area contributed by atoms with Crippen LogP contribution in [0.4, 0.5) is 0 Å². The van der Waals surface area contributed by atoms with E-state index in [2.05, 4.69) is 38.2 Å². The average Bonchev–Trinajstić information content (AvgIpc) is 3.09. The third-order valence-electron chi connectivity index (χ3n) is 9.39. The molecule has 6 heteroatoms. The first-order valence-electron chi connectivity index (χ1n) is 20.7. The molecule has 282 valence electrons. The van der Waals surface area contributed by atoms with Gasteiger partial charge in [-0.05, 0) is 64.2 Å². The molecule has 0 atom stereocenters. The van der Waals surface area contributed by atoms with Crippen LogP contribution in [0.15, 0.2) is 24.3 Å². The predicted molar refractivity (Wildman–Crippen MR) is 206 cm³/mol. The molecule has 0 aliphatic carbocycles. The molecule has 0 spiro atoms. The topological polar surface area (TPSA) is 81.1 Å². The van der Waals surface area contributed by atoms with E-state index in [1.807, 2.05) is 0 Å². The van der Waals surface area contributed by atoms with E-state index in [1.54, 1.807) is 9.80 Å². The minimum atomic E-state index is -0.0824. The van der Waals surface area contributed by atoms with Crippen molar-refractivity contribution in [1.29, 1.82) is 0 Å². The lowest BCUT2D eigenvalue weighted by molar-refractivity contribution is -0.136. The molecular weight excluding hydrogens is 596 g/mol. The second kappa shape index (κ2) is 38.1. The summed E-state index contributed by atoms with van der Waals surface area (Å²) in [6.45, 7) is 5.75. The van der Waals surface area contributed by atoms with Gasteiger partial charge < -0.3 is 20.0 Å². The summed E-state index contributed by atoms with van der Waals surface area (Å²) in [7, 11) is 0. The van der Waals surface area contributed by atoms with Gasteiger partial charge in [-0.3, -0.25) is 9.59 Å². The number of hydrogen-bond donors (Lipinski definition) is 2. The Morgan fingerprint density at radius 3 is 0.958 bits per heavy atom. The number of carbonyl (C=O) groups excluding carboxylic acids is 2. The van der Waals surface area contributed by atoms with Crippen molar-refractivity contribution in [3.8, 4) is 0 Å². The van der Waals surface area contributed by atoms with E-state index in [0.29, 0.717) is 39.0 Å². The molecule has 0 saturated carbocycles. The lowest BCUT2D eigenvalue weighted by Gasteiger charge is -2.27. The first-order chi connectivity index (χ1) is 23.6. The standard InChI is InChI=1S/C42H80N2O4/c1-3-5-7-9-11-13-15-17-19-21-23-25-27-29-31-33-41(47)43(37-39-45)35-36-44(38-40-46)42(48)34-32-30-28-26-24-22-20-18-16-14-12-10-8-6-4-2/h17-20,45-46H,3-16,21-40H2,1-2H3/b19-17-,20-18-. The number of amides is 2. The Hall–Kier alpha value is -1.66. The van der Waals surface area contributed by atoms with Crippen molar-refractivity contribution in [2.75, 3.05) is 39.4 Å². The Labute approximate surface area is 298 Å². The fraction of sp³-hybridized carbons (Fsp3) is 0.857. The van der Waals surface area contributed by atoms with E-state index in [-0.39, 0.29) is 25.0 Å². The highest BCUT2D eigenvalue weighted by molar-refractivity contribution is 5.77. The maximum absolute atomic E-state index is 12.9. The Balaban J connectivity index is 4.03. The molecule has 0 saturated heterocycles. The first-order valence-corrected chi connectivity index (χ1v) is 20.7. The molecule has 0 aliphatic rings. The molecule has 0 rings (SSSR count). The maximum atomic E-state index is 12.9. The molecule has 0 aromatic rings. The Morgan fingerprint density at radius 1 is 0.396 bits per heavy atom. The van der Waals surface area contributed by atoms with E-state index in [4.69, 9.17) is 0 Å². The van der Waals surface area contributed by atoms with Gasteiger partial charge in [-0.1, -0.05) is 141 Å². The van der Waals surface area contributed by atoms with Crippen LogP contribution < -0.4 is 0 Å². The molecule has 0 aromatic heterocycles. The van der Waals surface area contributed by atoms with Crippen molar-refractivity contribution < 1.29 is 19.8 Å². The highest BCUT2D eigenvalue weighted by Crippen LogP contribution is 2.13. The van der Waals surface area contributed by atoms with Crippen LogP contribution in [0.2, 0.25) is 0 Å². The summed E-state index contributed by atoms with van der Waals surface area (Å²) in [5, 5.41) is 19.1. The molecule has 0 unspecified atom stereocenters. The first kappa shape index (κ1) is 46.3. The summed E-state index contributed by atoms with van der Waals surface area (Å²) in [6, 6.07) is 0.